The summed E-state index contributed by atoms with van der Waals surface area (Å²) in [5.41, 5.74) is 1.11. The first-order valence-electron chi connectivity index (χ1n) is 7.99. The van der Waals surface area contributed by atoms with Gasteiger partial charge < -0.3 is 15.2 Å². The van der Waals surface area contributed by atoms with Gasteiger partial charge in [-0.1, -0.05) is 18.6 Å². The van der Waals surface area contributed by atoms with Gasteiger partial charge in [-0.25, -0.2) is 4.98 Å². The molecule has 2 aromatic rings. The van der Waals surface area contributed by atoms with Crippen LogP contribution in [0.15, 0.2) is 24.3 Å². The van der Waals surface area contributed by atoms with E-state index in [4.69, 9.17) is 0 Å². The number of carbonyl (C=O) groups excluding carboxylic acids is 2. The van der Waals surface area contributed by atoms with Gasteiger partial charge in [0, 0.05) is 13.5 Å². The number of hydrogen-bond acceptors (Lipinski definition) is 3. The Morgan fingerprint density at radius 3 is 2.96 bits per heavy atom. The van der Waals surface area contributed by atoms with Crippen molar-refractivity contribution in [3.63, 3.8) is 0 Å². The maximum Gasteiger partial charge on any atom is 0.245 e. The normalized spacial score (nSPS) is 21.7. The maximum atomic E-state index is 12.6. The van der Waals surface area contributed by atoms with Crippen molar-refractivity contribution in [3.8, 4) is 0 Å². The van der Waals surface area contributed by atoms with Gasteiger partial charge in [0.05, 0.1) is 17.6 Å². The number of hydrogen-bond donors (Lipinski definition) is 2. The van der Waals surface area contributed by atoms with Crippen molar-refractivity contribution in [2.45, 2.75) is 44.7 Å². The van der Waals surface area contributed by atoms with Gasteiger partial charge >= 0.3 is 0 Å². The minimum Gasteiger partial charge on any atom is -0.347 e. The highest BCUT2D eigenvalue weighted by atomic mass is 16.2. The Balaban J connectivity index is 1.72. The summed E-state index contributed by atoms with van der Waals surface area (Å²) < 4.78 is 1.98. The van der Waals surface area contributed by atoms with Crippen molar-refractivity contribution >= 4 is 22.8 Å². The zero-order valence-corrected chi connectivity index (χ0v) is 13.6. The van der Waals surface area contributed by atoms with E-state index in [1.54, 1.807) is 6.92 Å². The largest absolute Gasteiger partial charge is 0.347 e. The van der Waals surface area contributed by atoms with Crippen molar-refractivity contribution in [2.24, 2.45) is 7.05 Å². The number of aryl methyl sites for hydroxylation is 1. The van der Waals surface area contributed by atoms with E-state index < -0.39 is 5.54 Å². The second kappa shape index (κ2) is 6.02. The summed E-state index contributed by atoms with van der Waals surface area (Å²) in [5, 5.41) is 5.78. The first kappa shape index (κ1) is 15.5. The highest BCUT2D eigenvalue weighted by Gasteiger charge is 2.35. The van der Waals surface area contributed by atoms with Crippen molar-refractivity contribution in [2.75, 3.05) is 0 Å². The van der Waals surface area contributed by atoms with Gasteiger partial charge in [-0.3, -0.25) is 9.59 Å². The first-order chi connectivity index (χ1) is 11.0. The molecule has 0 radical (unpaired) electrons. The minimum absolute atomic E-state index is 0.0529. The quantitative estimate of drug-likeness (QED) is 0.904. The molecule has 6 nitrogen and oxygen atoms in total. The second-order valence-electron chi connectivity index (χ2n) is 6.35. The molecule has 1 unspecified atom stereocenters. The average Bonchev–Trinajstić information content (AvgIpc) is 2.74. The SMILES string of the molecule is Cn1c(CNC(=O)C2(C)CCCCC(=O)N2)nc2ccccc21. The fraction of sp³-hybridized carbons (Fsp3) is 0.471. The van der Waals surface area contributed by atoms with Crippen molar-refractivity contribution in [1.82, 2.24) is 20.2 Å². The number of rotatable bonds is 3. The lowest BCUT2D eigenvalue weighted by molar-refractivity contribution is -0.132. The van der Waals surface area contributed by atoms with Crippen LogP contribution in [0.5, 0.6) is 0 Å². The molecule has 6 heteroatoms. The predicted octanol–water partition coefficient (Wildman–Crippen LogP) is 1.64. The van der Waals surface area contributed by atoms with Crippen LogP contribution < -0.4 is 10.6 Å². The average molecular weight is 314 g/mol. The number of aromatic nitrogens is 2. The molecule has 2 amide bonds. The lowest BCUT2D eigenvalue weighted by Crippen LogP contribution is -2.55. The van der Waals surface area contributed by atoms with E-state index in [1.807, 2.05) is 35.9 Å². The number of imidazole rings is 1. The summed E-state index contributed by atoms with van der Waals surface area (Å²) in [6.07, 6.45) is 2.86. The van der Waals surface area contributed by atoms with Gasteiger partial charge in [0.2, 0.25) is 11.8 Å². The molecule has 1 aromatic heterocycles. The molecular weight excluding hydrogens is 292 g/mol. The third-order valence-corrected chi connectivity index (χ3v) is 4.53. The predicted molar refractivity (Wildman–Crippen MR) is 87.6 cm³/mol. The van der Waals surface area contributed by atoms with Crippen LogP contribution in [0.2, 0.25) is 0 Å². The molecular formula is C17H22N4O2. The molecule has 1 saturated heterocycles. The van der Waals surface area contributed by atoms with Crippen LogP contribution in [0.1, 0.15) is 38.4 Å². The Hall–Kier alpha value is -2.37. The lowest BCUT2D eigenvalue weighted by atomic mass is 9.95. The van der Waals surface area contributed by atoms with Crippen molar-refractivity contribution in [3.05, 3.63) is 30.1 Å². The van der Waals surface area contributed by atoms with Gasteiger partial charge in [0.25, 0.3) is 0 Å². The molecule has 0 spiro atoms. The summed E-state index contributed by atoms with van der Waals surface area (Å²) in [6.45, 7) is 2.13. The topological polar surface area (TPSA) is 76.0 Å². The van der Waals surface area contributed by atoms with Crippen LogP contribution in [0.25, 0.3) is 11.0 Å². The fourth-order valence-electron chi connectivity index (χ4n) is 3.08. The summed E-state index contributed by atoms with van der Waals surface area (Å²) in [4.78, 5) is 28.8. The molecule has 1 aliphatic rings. The molecule has 1 aliphatic heterocycles. The Morgan fingerprint density at radius 1 is 1.39 bits per heavy atom. The highest BCUT2D eigenvalue weighted by molar-refractivity contribution is 5.91. The summed E-state index contributed by atoms with van der Waals surface area (Å²) in [5.74, 6) is 0.589. The molecule has 1 aromatic carbocycles. The third-order valence-electron chi connectivity index (χ3n) is 4.53. The number of amides is 2. The molecule has 0 bridgehead atoms. The molecule has 0 aliphatic carbocycles. The van der Waals surface area contributed by atoms with E-state index in [0.29, 0.717) is 19.4 Å². The van der Waals surface area contributed by atoms with Crippen LogP contribution in [0, 0.1) is 0 Å². The second-order valence-corrected chi connectivity index (χ2v) is 6.35. The van der Waals surface area contributed by atoms with Crippen LogP contribution in [-0.4, -0.2) is 26.9 Å². The number of benzene rings is 1. The van der Waals surface area contributed by atoms with Gasteiger partial charge in [0.15, 0.2) is 0 Å². The summed E-state index contributed by atoms with van der Waals surface area (Å²) in [7, 11) is 1.94. The fourth-order valence-corrected chi connectivity index (χ4v) is 3.08. The summed E-state index contributed by atoms with van der Waals surface area (Å²) >= 11 is 0. The highest BCUT2D eigenvalue weighted by Crippen LogP contribution is 2.20. The van der Waals surface area contributed by atoms with E-state index in [-0.39, 0.29) is 11.8 Å². The number of nitrogens with one attached hydrogen (secondary N) is 2. The number of carbonyl (C=O) groups is 2. The molecule has 0 saturated carbocycles. The van der Waals surface area contributed by atoms with E-state index in [1.165, 1.54) is 0 Å². The molecule has 2 N–H and O–H groups in total. The lowest BCUT2D eigenvalue weighted by Gasteiger charge is -2.27. The Morgan fingerprint density at radius 2 is 2.17 bits per heavy atom. The standard InChI is InChI=1S/C17H22N4O2/c1-17(10-6-5-9-15(22)20-17)16(23)18-11-14-19-12-7-3-4-8-13(12)21(14)2/h3-4,7-8H,5-6,9-11H2,1-2H3,(H,18,23)(H,20,22). The van der Waals surface area contributed by atoms with Crippen LogP contribution >= 0.6 is 0 Å². The molecule has 122 valence electrons. The van der Waals surface area contributed by atoms with Crippen LogP contribution in [0.4, 0.5) is 0 Å². The van der Waals surface area contributed by atoms with E-state index >= 15 is 0 Å². The minimum atomic E-state index is -0.835. The van der Waals surface area contributed by atoms with E-state index in [9.17, 15) is 9.59 Å². The zero-order chi connectivity index (χ0) is 16.4. The van der Waals surface area contributed by atoms with Crippen LogP contribution in [0.3, 0.4) is 0 Å². The number of fused-ring (bicyclic) bond motifs is 1. The Labute approximate surface area is 135 Å². The zero-order valence-electron chi connectivity index (χ0n) is 13.6. The van der Waals surface area contributed by atoms with Gasteiger partial charge in [-0.15, -0.1) is 0 Å². The summed E-state index contributed by atoms with van der Waals surface area (Å²) in [6, 6.07) is 7.86. The monoisotopic (exact) mass is 314 g/mol. The molecule has 2 heterocycles. The number of para-hydroxylation sites is 2. The van der Waals surface area contributed by atoms with Crippen molar-refractivity contribution < 1.29 is 9.59 Å². The molecule has 1 fully saturated rings. The van der Waals surface area contributed by atoms with Gasteiger partial charge in [0.1, 0.15) is 11.4 Å². The van der Waals surface area contributed by atoms with Crippen molar-refractivity contribution in [1.29, 1.82) is 0 Å². The van der Waals surface area contributed by atoms with E-state index in [0.717, 1.165) is 29.7 Å². The maximum absolute atomic E-state index is 12.6. The molecule has 3 rings (SSSR count). The Kier molecular flexibility index (Phi) is 4.07. The number of nitrogens with zero attached hydrogens (tertiary/aromatic N) is 2. The molecule has 1 atom stereocenters. The smallest absolute Gasteiger partial charge is 0.245 e. The molecule has 23 heavy (non-hydrogen) atoms. The van der Waals surface area contributed by atoms with Crippen LogP contribution in [-0.2, 0) is 23.2 Å². The van der Waals surface area contributed by atoms with E-state index in [2.05, 4.69) is 15.6 Å². The van der Waals surface area contributed by atoms with Gasteiger partial charge in [-0.05, 0) is 31.9 Å². The Bertz CT molecular complexity index is 752. The third kappa shape index (κ3) is 3.06. The first-order valence-corrected chi connectivity index (χ1v) is 7.99. The van der Waals surface area contributed by atoms with Gasteiger partial charge in [-0.2, -0.15) is 0 Å².